The van der Waals surface area contributed by atoms with Crippen molar-refractivity contribution in [3.8, 4) is 0 Å². The number of aromatic nitrogens is 1. The number of anilines is 1. The number of nitrogens with zero attached hydrogens (tertiary/aromatic N) is 1. The van der Waals surface area contributed by atoms with E-state index in [-0.39, 0.29) is 22.9 Å². The molecule has 1 amide bonds. The van der Waals surface area contributed by atoms with E-state index in [1.54, 1.807) is 48.5 Å². The van der Waals surface area contributed by atoms with Crippen molar-refractivity contribution in [2.24, 2.45) is 0 Å². The summed E-state index contributed by atoms with van der Waals surface area (Å²) in [5, 5.41) is 3.35. The van der Waals surface area contributed by atoms with Crippen LogP contribution in [0.25, 0.3) is 10.9 Å². The Labute approximate surface area is 157 Å². The second-order valence-corrected chi connectivity index (χ2v) is 8.16. The molecule has 6 nitrogen and oxygen atoms in total. The van der Waals surface area contributed by atoms with Gasteiger partial charge in [-0.05, 0) is 31.2 Å². The van der Waals surface area contributed by atoms with Gasteiger partial charge in [-0.2, -0.15) is 0 Å². The van der Waals surface area contributed by atoms with Crippen molar-refractivity contribution in [2.75, 3.05) is 11.1 Å². The van der Waals surface area contributed by atoms with Crippen LogP contribution in [0, 0.1) is 0 Å². The van der Waals surface area contributed by atoms with E-state index in [2.05, 4.69) is 10.3 Å². The molecule has 0 saturated heterocycles. The van der Waals surface area contributed by atoms with Crippen LogP contribution in [-0.4, -0.2) is 30.8 Å². The summed E-state index contributed by atoms with van der Waals surface area (Å²) in [6, 6.07) is 15.0. The predicted octanol–water partition coefficient (Wildman–Crippen LogP) is 3.24. The fourth-order valence-electron chi connectivity index (χ4n) is 2.70. The smallest absolute Gasteiger partial charge is 0.225 e. The maximum atomic E-state index is 12.7. The lowest BCUT2D eigenvalue weighted by Crippen LogP contribution is -2.18. The molecule has 1 N–H and O–H groups in total. The Kier molecular flexibility index (Phi) is 5.32. The van der Waals surface area contributed by atoms with Crippen molar-refractivity contribution in [1.82, 2.24) is 4.98 Å². The molecule has 0 unspecified atom stereocenters. The van der Waals surface area contributed by atoms with Gasteiger partial charge in [-0.3, -0.25) is 14.6 Å². The summed E-state index contributed by atoms with van der Waals surface area (Å²) in [6.45, 7) is 1.44. The third kappa shape index (κ3) is 4.38. The fraction of sp³-hybridized carbons (Fsp3) is 0.150. The lowest BCUT2D eigenvalue weighted by molar-refractivity contribution is -0.115. The Bertz CT molecular complexity index is 1120. The largest absolute Gasteiger partial charge is 0.326 e. The number of fused-ring (bicyclic) bond motifs is 1. The number of pyridine rings is 1. The lowest BCUT2D eigenvalue weighted by Gasteiger charge is -2.09. The molecule has 2 aromatic carbocycles. The molecule has 7 heteroatoms. The van der Waals surface area contributed by atoms with E-state index in [0.717, 1.165) is 5.39 Å². The topological polar surface area (TPSA) is 93.2 Å². The highest BCUT2D eigenvalue weighted by Crippen LogP contribution is 2.22. The van der Waals surface area contributed by atoms with Gasteiger partial charge >= 0.3 is 0 Å². The minimum Gasteiger partial charge on any atom is -0.326 e. The summed E-state index contributed by atoms with van der Waals surface area (Å²) in [6.07, 6.45) is 1.34. The first-order chi connectivity index (χ1) is 12.9. The average molecular weight is 382 g/mol. The van der Waals surface area contributed by atoms with Gasteiger partial charge in [0.25, 0.3) is 0 Å². The highest BCUT2D eigenvalue weighted by atomic mass is 32.2. The van der Waals surface area contributed by atoms with E-state index in [1.807, 2.05) is 0 Å². The van der Waals surface area contributed by atoms with Crippen LogP contribution in [0.2, 0.25) is 0 Å². The summed E-state index contributed by atoms with van der Waals surface area (Å²) >= 11 is 0. The van der Waals surface area contributed by atoms with Crippen LogP contribution in [0.4, 0.5) is 5.69 Å². The van der Waals surface area contributed by atoms with Crippen LogP contribution < -0.4 is 5.32 Å². The van der Waals surface area contributed by atoms with E-state index in [9.17, 15) is 18.0 Å². The third-order valence-corrected chi connectivity index (χ3v) is 5.82. The Hall–Kier alpha value is -3.06. The number of ketones is 1. The molecule has 1 aromatic heterocycles. The Morgan fingerprint density at radius 1 is 1.04 bits per heavy atom. The van der Waals surface area contributed by atoms with Gasteiger partial charge in [0, 0.05) is 29.3 Å². The van der Waals surface area contributed by atoms with Crippen LogP contribution in [-0.2, 0) is 14.6 Å². The monoisotopic (exact) mass is 382 g/mol. The summed E-state index contributed by atoms with van der Waals surface area (Å²) < 4.78 is 25.4. The van der Waals surface area contributed by atoms with E-state index in [4.69, 9.17) is 0 Å². The van der Waals surface area contributed by atoms with Crippen LogP contribution in [0.15, 0.2) is 65.7 Å². The molecule has 0 saturated carbocycles. The van der Waals surface area contributed by atoms with Gasteiger partial charge in [0.05, 0.1) is 16.2 Å². The van der Waals surface area contributed by atoms with Crippen LogP contribution in [0.3, 0.4) is 0 Å². The third-order valence-electron chi connectivity index (χ3n) is 4.08. The normalized spacial score (nSPS) is 11.3. The molecule has 0 bridgehead atoms. The molecule has 0 fully saturated rings. The summed E-state index contributed by atoms with van der Waals surface area (Å²) in [7, 11) is -3.67. The molecular weight excluding hydrogens is 364 g/mol. The van der Waals surface area contributed by atoms with Crippen molar-refractivity contribution < 1.29 is 18.0 Å². The maximum Gasteiger partial charge on any atom is 0.225 e. The van der Waals surface area contributed by atoms with Crippen LogP contribution in [0.5, 0.6) is 0 Å². The number of Topliss-reactive ketones (excluding diaryl/α,β-unsaturated/α-hetero) is 1. The fourth-order valence-corrected chi connectivity index (χ4v) is 4.13. The molecule has 1 heterocycles. The van der Waals surface area contributed by atoms with Gasteiger partial charge < -0.3 is 5.32 Å². The van der Waals surface area contributed by atoms with Gasteiger partial charge in [0.2, 0.25) is 5.91 Å². The summed E-state index contributed by atoms with van der Waals surface area (Å²) in [4.78, 5) is 27.8. The number of benzene rings is 2. The molecule has 0 aliphatic heterocycles. The van der Waals surface area contributed by atoms with Crippen molar-refractivity contribution in [3.63, 3.8) is 0 Å². The quantitative estimate of drug-likeness (QED) is 0.661. The molecule has 0 aliphatic carbocycles. The van der Waals surface area contributed by atoms with Crippen molar-refractivity contribution in [2.45, 2.75) is 18.2 Å². The number of sulfone groups is 1. The number of rotatable bonds is 6. The van der Waals surface area contributed by atoms with E-state index in [1.165, 1.54) is 19.2 Å². The van der Waals surface area contributed by atoms with Crippen molar-refractivity contribution >= 4 is 38.1 Å². The summed E-state index contributed by atoms with van der Waals surface area (Å²) in [5.74, 6) is -0.884. The zero-order chi connectivity index (χ0) is 19.4. The van der Waals surface area contributed by atoms with Crippen molar-refractivity contribution in [3.05, 3.63) is 66.4 Å². The number of hydrogen-bond donors (Lipinski definition) is 1. The number of para-hydroxylation sites is 1. The zero-order valence-corrected chi connectivity index (χ0v) is 15.5. The van der Waals surface area contributed by atoms with Crippen LogP contribution >= 0.6 is 0 Å². The van der Waals surface area contributed by atoms with Crippen molar-refractivity contribution in [1.29, 1.82) is 0 Å². The van der Waals surface area contributed by atoms with E-state index >= 15 is 0 Å². The highest BCUT2D eigenvalue weighted by molar-refractivity contribution is 7.91. The number of amides is 1. The highest BCUT2D eigenvalue weighted by Gasteiger charge is 2.20. The van der Waals surface area contributed by atoms with E-state index < -0.39 is 15.7 Å². The lowest BCUT2D eigenvalue weighted by atomic mass is 10.1. The van der Waals surface area contributed by atoms with Gasteiger partial charge in [-0.15, -0.1) is 0 Å². The second kappa shape index (κ2) is 7.67. The first kappa shape index (κ1) is 18.7. The first-order valence-corrected chi connectivity index (χ1v) is 9.99. The molecule has 27 heavy (non-hydrogen) atoms. The van der Waals surface area contributed by atoms with E-state index in [0.29, 0.717) is 16.8 Å². The molecule has 0 radical (unpaired) electrons. The number of carbonyl (C=O) groups is 2. The molecular formula is C20H18N2O4S. The zero-order valence-electron chi connectivity index (χ0n) is 14.7. The van der Waals surface area contributed by atoms with Gasteiger partial charge in [0.1, 0.15) is 0 Å². The maximum absolute atomic E-state index is 12.7. The molecule has 3 rings (SSSR count). The molecule has 0 spiro atoms. The number of nitrogens with one attached hydrogen (secondary N) is 1. The van der Waals surface area contributed by atoms with Gasteiger partial charge in [-0.1, -0.05) is 30.3 Å². The Morgan fingerprint density at radius 3 is 2.56 bits per heavy atom. The average Bonchev–Trinajstić information content (AvgIpc) is 2.66. The first-order valence-electron chi connectivity index (χ1n) is 8.34. The minimum atomic E-state index is -3.67. The van der Waals surface area contributed by atoms with Gasteiger partial charge in [0.15, 0.2) is 15.6 Å². The Morgan fingerprint density at radius 2 is 1.78 bits per heavy atom. The SMILES string of the molecule is CC(=O)c1cccc(NC(=O)CCS(=O)(=O)c2cccc3cccnc23)c1. The van der Waals surface area contributed by atoms with Gasteiger partial charge in [-0.25, -0.2) is 8.42 Å². The standard InChI is InChI=1S/C20H18N2O4S/c1-14(23)16-6-2-8-17(13-16)22-19(24)10-12-27(25,26)18-9-3-5-15-7-4-11-21-20(15)18/h2-9,11,13H,10,12H2,1H3,(H,22,24). The second-order valence-electron chi connectivity index (χ2n) is 6.09. The molecule has 0 aliphatic rings. The Balaban J connectivity index is 1.72. The van der Waals surface area contributed by atoms with Crippen LogP contribution in [0.1, 0.15) is 23.7 Å². The summed E-state index contributed by atoms with van der Waals surface area (Å²) in [5.41, 5.74) is 1.33. The minimum absolute atomic E-state index is 0.114. The number of hydrogen-bond acceptors (Lipinski definition) is 5. The molecule has 138 valence electrons. The molecule has 0 atom stereocenters. The predicted molar refractivity (Wildman–Crippen MR) is 103 cm³/mol. The number of carbonyl (C=O) groups excluding carboxylic acids is 2. The molecule has 3 aromatic rings.